The molecule has 3 aromatic rings. The van der Waals surface area contributed by atoms with Gasteiger partial charge in [-0.3, -0.25) is 4.90 Å². The van der Waals surface area contributed by atoms with E-state index in [0.717, 1.165) is 25.3 Å². The molecule has 0 amide bonds. The van der Waals surface area contributed by atoms with Crippen molar-refractivity contribution in [3.8, 4) is 0 Å². The van der Waals surface area contributed by atoms with Crippen LogP contribution in [0.4, 0.5) is 0 Å². The molecule has 0 aliphatic carbocycles. The van der Waals surface area contributed by atoms with Crippen LogP contribution in [0.25, 0.3) is 0 Å². The first-order chi connectivity index (χ1) is 18.2. The summed E-state index contributed by atoms with van der Waals surface area (Å²) in [5.41, 5.74) is 3.51. The lowest BCUT2D eigenvalue weighted by Crippen LogP contribution is -2.62. The summed E-state index contributed by atoms with van der Waals surface area (Å²) in [4.78, 5) is 2.48. The second-order valence-electron chi connectivity index (χ2n) is 9.76. The van der Waals surface area contributed by atoms with Gasteiger partial charge >= 0.3 is 0 Å². The van der Waals surface area contributed by atoms with Crippen LogP contribution < -0.4 is 0 Å². The normalized spacial score (nSPS) is 22.2. The van der Waals surface area contributed by atoms with E-state index in [1.807, 2.05) is 25.1 Å². The SMILES string of the molecule is CCOCCN1C[C@H](C)[C@@H](OCc2ccccc2)[C@H](OCc2ccccc2)[C@H]1COCc1ccccc1. The highest BCUT2D eigenvalue weighted by molar-refractivity contribution is 5.15. The number of rotatable bonds is 14. The number of hydrogen-bond donors (Lipinski definition) is 0. The average molecular weight is 504 g/mol. The summed E-state index contributed by atoms with van der Waals surface area (Å²) < 4.78 is 25.4. The Bertz CT molecular complexity index is 1000. The largest absolute Gasteiger partial charge is 0.380 e. The fourth-order valence-electron chi connectivity index (χ4n) is 5.01. The zero-order valence-electron chi connectivity index (χ0n) is 22.2. The van der Waals surface area contributed by atoms with Crippen LogP contribution in [0.5, 0.6) is 0 Å². The van der Waals surface area contributed by atoms with E-state index in [4.69, 9.17) is 18.9 Å². The van der Waals surface area contributed by atoms with Gasteiger partial charge in [-0.1, -0.05) is 97.9 Å². The Labute approximate surface area is 222 Å². The Morgan fingerprint density at radius 3 is 1.73 bits per heavy atom. The molecule has 4 rings (SSSR count). The van der Waals surface area contributed by atoms with Crippen molar-refractivity contribution in [3.05, 3.63) is 108 Å². The Balaban J connectivity index is 1.52. The zero-order valence-corrected chi connectivity index (χ0v) is 22.2. The van der Waals surface area contributed by atoms with Gasteiger partial charge in [0.05, 0.1) is 45.2 Å². The maximum Gasteiger partial charge on any atom is 0.102 e. The lowest BCUT2D eigenvalue weighted by Gasteiger charge is -2.48. The molecule has 0 N–H and O–H groups in total. The minimum Gasteiger partial charge on any atom is -0.380 e. The fraction of sp³-hybridized carbons (Fsp3) is 0.438. The lowest BCUT2D eigenvalue weighted by atomic mass is 9.88. The van der Waals surface area contributed by atoms with Gasteiger partial charge in [0.2, 0.25) is 0 Å². The van der Waals surface area contributed by atoms with Crippen LogP contribution in [0.3, 0.4) is 0 Å². The molecular formula is C32H41NO4. The number of hydrogen-bond acceptors (Lipinski definition) is 5. The van der Waals surface area contributed by atoms with E-state index in [9.17, 15) is 0 Å². The topological polar surface area (TPSA) is 40.2 Å². The molecule has 1 fully saturated rings. The third kappa shape index (κ3) is 8.49. The summed E-state index contributed by atoms with van der Waals surface area (Å²) in [5, 5.41) is 0. The Morgan fingerprint density at radius 2 is 1.19 bits per heavy atom. The van der Waals surface area contributed by atoms with Crippen molar-refractivity contribution in [2.24, 2.45) is 5.92 Å². The van der Waals surface area contributed by atoms with Crippen molar-refractivity contribution < 1.29 is 18.9 Å². The molecule has 5 nitrogen and oxygen atoms in total. The molecule has 4 atom stereocenters. The highest BCUT2D eigenvalue weighted by atomic mass is 16.5. The van der Waals surface area contributed by atoms with Crippen molar-refractivity contribution in [1.29, 1.82) is 0 Å². The summed E-state index contributed by atoms with van der Waals surface area (Å²) in [6.45, 7) is 9.72. The highest BCUT2D eigenvalue weighted by Gasteiger charge is 2.43. The van der Waals surface area contributed by atoms with Crippen LogP contribution in [0, 0.1) is 5.92 Å². The molecule has 1 saturated heterocycles. The second-order valence-corrected chi connectivity index (χ2v) is 9.76. The van der Waals surface area contributed by atoms with Gasteiger partial charge < -0.3 is 18.9 Å². The molecule has 0 spiro atoms. The maximum absolute atomic E-state index is 6.70. The smallest absolute Gasteiger partial charge is 0.102 e. The van der Waals surface area contributed by atoms with Crippen molar-refractivity contribution in [2.75, 3.05) is 32.9 Å². The molecule has 1 aliphatic rings. The molecule has 0 saturated carbocycles. The molecule has 0 bridgehead atoms. The first-order valence-corrected chi connectivity index (χ1v) is 13.5. The number of piperidine rings is 1. The highest BCUT2D eigenvalue weighted by Crippen LogP contribution is 2.30. The van der Waals surface area contributed by atoms with Gasteiger partial charge in [0, 0.05) is 19.7 Å². The molecular weight excluding hydrogens is 462 g/mol. The fourth-order valence-corrected chi connectivity index (χ4v) is 5.01. The first-order valence-electron chi connectivity index (χ1n) is 13.5. The standard InChI is InChI=1S/C32H41NO4/c1-3-34-20-19-33-21-26(2)31(36-23-28-15-9-5-10-16-28)32(37-24-29-17-11-6-12-18-29)30(33)25-35-22-27-13-7-4-8-14-27/h4-18,26,30-32H,3,19-25H2,1-2H3/t26-,30+,31+,32+/m0/s1. The van der Waals surface area contributed by atoms with E-state index in [1.54, 1.807) is 0 Å². The van der Waals surface area contributed by atoms with E-state index in [-0.39, 0.29) is 18.2 Å². The van der Waals surface area contributed by atoms with E-state index >= 15 is 0 Å². The molecule has 0 unspecified atom stereocenters. The Kier molecular flexibility index (Phi) is 11.2. The van der Waals surface area contributed by atoms with Crippen LogP contribution in [0.15, 0.2) is 91.0 Å². The number of likely N-dealkylation sites (tertiary alicyclic amines) is 1. The van der Waals surface area contributed by atoms with Gasteiger partial charge in [-0.05, 0) is 29.5 Å². The van der Waals surface area contributed by atoms with Crippen LogP contribution in [0.2, 0.25) is 0 Å². The first kappa shape index (κ1) is 27.5. The van der Waals surface area contributed by atoms with E-state index in [2.05, 4.69) is 84.6 Å². The summed E-state index contributed by atoms with van der Waals surface area (Å²) >= 11 is 0. The monoisotopic (exact) mass is 503 g/mol. The van der Waals surface area contributed by atoms with Crippen molar-refractivity contribution in [3.63, 3.8) is 0 Å². The molecule has 0 radical (unpaired) electrons. The van der Waals surface area contributed by atoms with Crippen LogP contribution in [-0.2, 0) is 38.8 Å². The van der Waals surface area contributed by atoms with Gasteiger partial charge in [-0.25, -0.2) is 0 Å². The zero-order chi connectivity index (χ0) is 25.7. The third-order valence-electron chi connectivity index (χ3n) is 6.95. The van der Waals surface area contributed by atoms with Crippen LogP contribution in [-0.4, -0.2) is 56.1 Å². The number of nitrogens with zero attached hydrogens (tertiary/aromatic N) is 1. The van der Waals surface area contributed by atoms with Crippen LogP contribution in [0.1, 0.15) is 30.5 Å². The number of ether oxygens (including phenoxy) is 4. The summed E-state index contributed by atoms with van der Waals surface area (Å²) in [6, 6.07) is 31.1. The van der Waals surface area contributed by atoms with Gasteiger partial charge in [-0.15, -0.1) is 0 Å². The van der Waals surface area contributed by atoms with Crippen molar-refractivity contribution in [2.45, 2.75) is 51.9 Å². The maximum atomic E-state index is 6.70. The second kappa shape index (κ2) is 15.0. The van der Waals surface area contributed by atoms with Crippen LogP contribution >= 0.6 is 0 Å². The lowest BCUT2D eigenvalue weighted by molar-refractivity contribution is -0.178. The quantitative estimate of drug-likeness (QED) is 0.263. The Morgan fingerprint density at radius 1 is 0.676 bits per heavy atom. The molecule has 1 heterocycles. The summed E-state index contributed by atoms with van der Waals surface area (Å²) in [5.74, 6) is 0.302. The molecule has 5 heteroatoms. The molecule has 1 aliphatic heterocycles. The van der Waals surface area contributed by atoms with Gasteiger partial charge in [0.15, 0.2) is 0 Å². The molecule has 37 heavy (non-hydrogen) atoms. The minimum atomic E-state index is -0.134. The molecule has 0 aromatic heterocycles. The van der Waals surface area contributed by atoms with E-state index in [1.165, 1.54) is 11.1 Å². The van der Waals surface area contributed by atoms with Gasteiger partial charge in [-0.2, -0.15) is 0 Å². The van der Waals surface area contributed by atoms with E-state index < -0.39 is 0 Å². The minimum absolute atomic E-state index is 0.0439. The number of benzene rings is 3. The average Bonchev–Trinajstić information content (AvgIpc) is 2.94. The molecule has 3 aromatic carbocycles. The predicted octanol–water partition coefficient (Wildman–Crippen LogP) is 5.73. The van der Waals surface area contributed by atoms with E-state index in [0.29, 0.717) is 39.0 Å². The summed E-state index contributed by atoms with van der Waals surface area (Å²) in [6.07, 6.45) is -0.178. The van der Waals surface area contributed by atoms with Gasteiger partial charge in [0.25, 0.3) is 0 Å². The third-order valence-corrected chi connectivity index (χ3v) is 6.95. The molecule has 198 valence electrons. The Hall–Kier alpha value is -2.54. The van der Waals surface area contributed by atoms with Crippen molar-refractivity contribution >= 4 is 0 Å². The van der Waals surface area contributed by atoms with Gasteiger partial charge in [0.1, 0.15) is 6.10 Å². The predicted molar refractivity (Wildman–Crippen MR) is 147 cm³/mol. The van der Waals surface area contributed by atoms with Crippen molar-refractivity contribution in [1.82, 2.24) is 4.90 Å². The summed E-state index contributed by atoms with van der Waals surface area (Å²) in [7, 11) is 0.